The lowest BCUT2D eigenvalue weighted by Gasteiger charge is -2.11. The van der Waals surface area contributed by atoms with E-state index >= 15 is 0 Å². The molecule has 1 fully saturated rings. The first-order valence-corrected chi connectivity index (χ1v) is 8.79. The predicted molar refractivity (Wildman–Crippen MR) is 80.8 cm³/mol. The normalized spacial score (nSPS) is 21.8. The molecule has 4 nitrogen and oxygen atoms in total. The molecule has 0 amide bonds. The summed E-state index contributed by atoms with van der Waals surface area (Å²) in [7, 11) is -3.78. The highest BCUT2D eigenvalue weighted by atomic mass is 32.2. The first-order valence-electron chi connectivity index (χ1n) is 7.31. The SMILES string of the molecule is CC(C)NCc1ccc(F)c(S(=O)(=O)NCC2CC2C)c1. The van der Waals surface area contributed by atoms with Crippen molar-refractivity contribution in [1.29, 1.82) is 0 Å². The highest BCUT2D eigenvalue weighted by molar-refractivity contribution is 7.89. The van der Waals surface area contributed by atoms with Crippen molar-refractivity contribution in [1.82, 2.24) is 10.0 Å². The molecule has 0 aromatic heterocycles. The molecular formula is C15H23FN2O2S. The molecule has 21 heavy (non-hydrogen) atoms. The molecule has 2 rings (SSSR count). The van der Waals surface area contributed by atoms with Crippen molar-refractivity contribution in [3.8, 4) is 0 Å². The van der Waals surface area contributed by atoms with Crippen LogP contribution in [0.3, 0.4) is 0 Å². The van der Waals surface area contributed by atoms with Crippen LogP contribution in [0.15, 0.2) is 23.1 Å². The van der Waals surface area contributed by atoms with Crippen LogP contribution < -0.4 is 10.0 Å². The Bertz CT molecular complexity index is 602. The maximum atomic E-state index is 13.8. The summed E-state index contributed by atoms with van der Waals surface area (Å²) in [5, 5.41) is 3.19. The van der Waals surface area contributed by atoms with Crippen LogP contribution in [-0.4, -0.2) is 21.0 Å². The molecule has 2 unspecified atom stereocenters. The van der Waals surface area contributed by atoms with Gasteiger partial charge in [0.05, 0.1) is 0 Å². The number of nitrogens with one attached hydrogen (secondary N) is 2. The van der Waals surface area contributed by atoms with Gasteiger partial charge in [-0.05, 0) is 36.0 Å². The van der Waals surface area contributed by atoms with Gasteiger partial charge in [0.25, 0.3) is 0 Å². The third-order valence-electron chi connectivity index (χ3n) is 3.81. The first kappa shape index (κ1) is 16.4. The van der Waals surface area contributed by atoms with E-state index in [2.05, 4.69) is 17.0 Å². The second kappa shape index (κ2) is 6.42. The fraction of sp³-hybridized carbons (Fsp3) is 0.600. The Morgan fingerprint density at radius 2 is 2.05 bits per heavy atom. The zero-order chi connectivity index (χ0) is 15.6. The highest BCUT2D eigenvalue weighted by Crippen LogP contribution is 2.37. The number of rotatable bonds is 7. The molecule has 1 saturated carbocycles. The van der Waals surface area contributed by atoms with Crippen molar-refractivity contribution in [2.45, 2.75) is 44.7 Å². The van der Waals surface area contributed by atoms with Crippen molar-refractivity contribution >= 4 is 10.0 Å². The van der Waals surface area contributed by atoms with E-state index in [4.69, 9.17) is 0 Å². The monoisotopic (exact) mass is 314 g/mol. The fourth-order valence-corrected chi connectivity index (χ4v) is 3.38. The molecule has 0 bridgehead atoms. The molecular weight excluding hydrogens is 291 g/mol. The summed E-state index contributed by atoms with van der Waals surface area (Å²) in [6, 6.07) is 4.51. The molecule has 0 spiro atoms. The Morgan fingerprint density at radius 1 is 1.38 bits per heavy atom. The molecule has 2 N–H and O–H groups in total. The van der Waals surface area contributed by atoms with E-state index in [1.807, 2.05) is 13.8 Å². The van der Waals surface area contributed by atoms with Gasteiger partial charge in [-0.3, -0.25) is 0 Å². The van der Waals surface area contributed by atoms with E-state index in [-0.39, 0.29) is 10.9 Å². The topological polar surface area (TPSA) is 58.2 Å². The van der Waals surface area contributed by atoms with Crippen LogP contribution in [0.1, 0.15) is 32.8 Å². The molecule has 6 heteroatoms. The molecule has 1 aliphatic carbocycles. The van der Waals surface area contributed by atoms with Crippen molar-refractivity contribution < 1.29 is 12.8 Å². The second-order valence-corrected chi connectivity index (χ2v) is 7.86. The van der Waals surface area contributed by atoms with E-state index < -0.39 is 15.8 Å². The van der Waals surface area contributed by atoms with Crippen LogP contribution in [0.4, 0.5) is 4.39 Å². The Labute approximate surface area is 126 Å². The van der Waals surface area contributed by atoms with Crippen molar-refractivity contribution in [3.63, 3.8) is 0 Å². The summed E-state index contributed by atoms with van der Waals surface area (Å²) < 4.78 is 40.8. The van der Waals surface area contributed by atoms with Crippen LogP contribution >= 0.6 is 0 Å². The molecule has 0 saturated heterocycles. The minimum absolute atomic E-state index is 0.265. The van der Waals surface area contributed by atoms with Gasteiger partial charge in [0.1, 0.15) is 10.7 Å². The second-order valence-electron chi connectivity index (χ2n) is 6.13. The number of hydrogen-bond acceptors (Lipinski definition) is 3. The summed E-state index contributed by atoms with van der Waals surface area (Å²) in [5.41, 5.74) is 0.755. The molecule has 2 atom stereocenters. The number of benzene rings is 1. The Balaban J connectivity index is 2.10. The standard InChI is InChI=1S/C15H23FN2O2S/c1-10(2)17-8-12-4-5-14(16)15(7-12)21(19,20)18-9-13-6-11(13)3/h4-5,7,10-11,13,17-18H,6,8-9H2,1-3H3. The van der Waals surface area contributed by atoms with Crippen LogP contribution in [0.25, 0.3) is 0 Å². The average molecular weight is 314 g/mol. The first-order chi connectivity index (χ1) is 9.79. The van der Waals surface area contributed by atoms with Crippen LogP contribution in [0.5, 0.6) is 0 Å². The third kappa shape index (κ3) is 4.49. The van der Waals surface area contributed by atoms with Gasteiger partial charge in [-0.2, -0.15) is 0 Å². The molecule has 0 heterocycles. The lowest BCUT2D eigenvalue weighted by Crippen LogP contribution is -2.27. The number of sulfonamides is 1. The Hall–Kier alpha value is -0.980. The number of halogens is 1. The van der Waals surface area contributed by atoms with Gasteiger partial charge < -0.3 is 5.32 Å². The van der Waals surface area contributed by atoms with Gasteiger partial charge in [0.15, 0.2) is 0 Å². The zero-order valence-electron chi connectivity index (χ0n) is 12.7. The minimum atomic E-state index is -3.78. The molecule has 0 radical (unpaired) electrons. The van der Waals surface area contributed by atoms with E-state index in [1.54, 1.807) is 6.07 Å². The van der Waals surface area contributed by atoms with Gasteiger partial charge in [-0.15, -0.1) is 0 Å². The number of hydrogen-bond donors (Lipinski definition) is 2. The summed E-state index contributed by atoms with van der Waals surface area (Å²) >= 11 is 0. The molecule has 1 aromatic carbocycles. The predicted octanol–water partition coefficient (Wildman–Crippen LogP) is 2.26. The highest BCUT2D eigenvalue weighted by Gasteiger charge is 2.33. The Kier molecular flexibility index (Phi) is 5.01. The molecule has 118 valence electrons. The largest absolute Gasteiger partial charge is 0.310 e. The van der Waals surface area contributed by atoms with Gasteiger partial charge in [-0.1, -0.05) is 26.8 Å². The van der Waals surface area contributed by atoms with Crippen molar-refractivity contribution in [2.75, 3.05) is 6.54 Å². The molecule has 0 aliphatic heterocycles. The van der Waals surface area contributed by atoms with Gasteiger partial charge in [0, 0.05) is 19.1 Å². The van der Waals surface area contributed by atoms with E-state index in [0.29, 0.717) is 24.9 Å². The van der Waals surface area contributed by atoms with Crippen molar-refractivity contribution in [2.24, 2.45) is 11.8 Å². The quantitative estimate of drug-likeness (QED) is 0.811. The summed E-state index contributed by atoms with van der Waals surface area (Å²) in [4.78, 5) is -0.265. The molecule has 1 aromatic rings. The smallest absolute Gasteiger partial charge is 0.243 e. The minimum Gasteiger partial charge on any atom is -0.310 e. The maximum absolute atomic E-state index is 13.8. The lowest BCUT2D eigenvalue weighted by molar-refractivity contribution is 0.549. The van der Waals surface area contributed by atoms with Gasteiger partial charge in [-0.25, -0.2) is 17.5 Å². The Morgan fingerprint density at radius 3 is 2.62 bits per heavy atom. The van der Waals surface area contributed by atoms with E-state index in [9.17, 15) is 12.8 Å². The van der Waals surface area contributed by atoms with Crippen LogP contribution in [0, 0.1) is 17.7 Å². The summed E-state index contributed by atoms with van der Waals surface area (Å²) in [6.07, 6.45) is 1.03. The maximum Gasteiger partial charge on any atom is 0.243 e. The fourth-order valence-electron chi connectivity index (χ4n) is 2.16. The lowest BCUT2D eigenvalue weighted by atomic mass is 10.2. The van der Waals surface area contributed by atoms with E-state index in [1.165, 1.54) is 12.1 Å². The van der Waals surface area contributed by atoms with Gasteiger partial charge >= 0.3 is 0 Å². The van der Waals surface area contributed by atoms with Crippen LogP contribution in [0.2, 0.25) is 0 Å². The summed E-state index contributed by atoms with van der Waals surface area (Å²) in [6.45, 7) is 6.98. The zero-order valence-corrected chi connectivity index (χ0v) is 13.5. The van der Waals surface area contributed by atoms with E-state index in [0.717, 1.165) is 12.0 Å². The third-order valence-corrected chi connectivity index (χ3v) is 5.25. The average Bonchev–Trinajstić information content (AvgIpc) is 3.11. The van der Waals surface area contributed by atoms with Crippen LogP contribution in [-0.2, 0) is 16.6 Å². The molecule has 1 aliphatic rings. The van der Waals surface area contributed by atoms with Crippen molar-refractivity contribution in [3.05, 3.63) is 29.6 Å². The summed E-state index contributed by atoms with van der Waals surface area (Å²) in [5.74, 6) is 0.229. The van der Waals surface area contributed by atoms with Gasteiger partial charge in [0.2, 0.25) is 10.0 Å².